The van der Waals surface area contributed by atoms with Gasteiger partial charge in [-0.25, -0.2) is 4.39 Å². The molecular formula is C12H17ClFN3O2. The van der Waals surface area contributed by atoms with Gasteiger partial charge in [0, 0.05) is 43.9 Å². The number of nitrogens with zero attached hydrogens (tertiary/aromatic N) is 2. The summed E-state index contributed by atoms with van der Waals surface area (Å²) in [4.78, 5) is 12.1. The zero-order valence-electron chi connectivity index (χ0n) is 10.6. The number of hydrogen-bond donors (Lipinski definition) is 1. The van der Waals surface area contributed by atoms with Gasteiger partial charge >= 0.3 is 0 Å². The van der Waals surface area contributed by atoms with Crippen LogP contribution < -0.4 is 5.32 Å². The molecule has 0 radical (unpaired) electrons. The fourth-order valence-electron chi connectivity index (χ4n) is 2.17. The van der Waals surface area contributed by atoms with E-state index in [4.69, 9.17) is 0 Å². The Kier molecular flexibility index (Phi) is 5.65. The summed E-state index contributed by atoms with van der Waals surface area (Å²) in [6, 6.07) is 4.23. The van der Waals surface area contributed by atoms with Crippen molar-refractivity contribution in [3.8, 4) is 0 Å². The number of non-ortho nitro benzene ring substituents is 1. The third kappa shape index (κ3) is 4.12. The minimum absolute atomic E-state index is 0. The highest BCUT2D eigenvalue weighted by Gasteiger charge is 2.18. The number of hydrogen-bond acceptors (Lipinski definition) is 4. The highest BCUT2D eigenvalue weighted by molar-refractivity contribution is 5.85. The van der Waals surface area contributed by atoms with Crippen molar-refractivity contribution in [2.24, 2.45) is 0 Å². The molecule has 5 nitrogen and oxygen atoms in total. The van der Waals surface area contributed by atoms with E-state index in [-0.39, 0.29) is 18.1 Å². The number of benzene rings is 1. The topological polar surface area (TPSA) is 58.4 Å². The van der Waals surface area contributed by atoms with E-state index in [0.717, 1.165) is 25.7 Å². The van der Waals surface area contributed by atoms with Crippen molar-refractivity contribution in [1.29, 1.82) is 0 Å². The predicted molar refractivity (Wildman–Crippen MR) is 73.0 cm³/mol. The summed E-state index contributed by atoms with van der Waals surface area (Å²) in [5, 5.41) is 13.8. The highest BCUT2D eigenvalue weighted by Crippen LogP contribution is 2.18. The molecule has 1 fully saturated rings. The lowest BCUT2D eigenvalue weighted by atomic mass is 10.1. The van der Waals surface area contributed by atoms with Gasteiger partial charge in [0.2, 0.25) is 0 Å². The Morgan fingerprint density at radius 3 is 2.89 bits per heavy atom. The van der Waals surface area contributed by atoms with Gasteiger partial charge in [-0.15, -0.1) is 12.4 Å². The molecule has 0 spiro atoms. The maximum atomic E-state index is 13.7. The Bertz CT molecular complexity index is 459. The van der Waals surface area contributed by atoms with Crippen molar-refractivity contribution in [2.75, 3.05) is 19.6 Å². The summed E-state index contributed by atoms with van der Waals surface area (Å²) in [5.41, 5.74) is 0.305. The maximum Gasteiger partial charge on any atom is 0.272 e. The Morgan fingerprint density at radius 2 is 2.32 bits per heavy atom. The Hall–Kier alpha value is -1.24. The molecule has 0 saturated carbocycles. The standard InChI is InChI=1S/C12H16FN3O2.ClH/c1-9-7-15(5-4-14-9)8-10-2-3-11(16(17)18)6-12(10)13;/h2-3,6,9,14H,4-5,7-8H2,1H3;1H. The molecule has 1 aliphatic heterocycles. The molecule has 19 heavy (non-hydrogen) atoms. The van der Waals surface area contributed by atoms with Crippen LogP contribution in [-0.4, -0.2) is 35.5 Å². The molecule has 2 rings (SSSR count). The van der Waals surface area contributed by atoms with Crippen LogP contribution in [0.4, 0.5) is 10.1 Å². The zero-order chi connectivity index (χ0) is 13.1. The minimum atomic E-state index is -0.584. The number of rotatable bonds is 3. The lowest BCUT2D eigenvalue weighted by molar-refractivity contribution is -0.385. The second-order valence-corrected chi connectivity index (χ2v) is 4.62. The van der Waals surface area contributed by atoms with Gasteiger partial charge in [-0.2, -0.15) is 0 Å². The average molecular weight is 290 g/mol. The molecule has 1 unspecified atom stereocenters. The van der Waals surface area contributed by atoms with E-state index in [1.807, 2.05) is 0 Å². The van der Waals surface area contributed by atoms with Gasteiger partial charge in [-0.1, -0.05) is 0 Å². The van der Waals surface area contributed by atoms with Crippen LogP contribution >= 0.6 is 12.4 Å². The smallest absolute Gasteiger partial charge is 0.272 e. The molecular weight excluding hydrogens is 273 g/mol. The van der Waals surface area contributed by atoms with Crippen LogP contribution in [0.3, 0.4) is 0 Å². The molecule has 106 valence electrons. The van der Waals surface area contributed by atoms with Crippen LogP contribution in [0.25, 0.3) is 0 Å². The van der Waals surface area contributed by atoms with Crippen molar-refractivity contribution in [1.82, 2.24) is 10.2 Å². The van der Waals surface area contributed by atoms with Crippen LogP contribution in [0.1, 0.15) is 12.5 Å². The summed E-state index contributed by atoms with van der Waals surface area (Å²) < 4.78 is 13.7. The first-order valence-corrected chi connectivity index (χ1v) is 5.95. The summed E-state index contributed by atoms with van der Waals surface area (Å²) in [6.07, 6.45) is 0. The average Bonchev–Trinajstić information content (AvgIpc) is 2.31. The molecule has 1 aliphatic rings. The molecule has 1 heterocycles. The normalized spacial score (nSPS) is 19.8. The number of halogens is 2. The molecule has 0 aromatic heterocycles. The predicted octanol–water partition coefficient (Wildman–Crippen LogP) is 1.95. The van der Waals surface area contributed by atoms with Crippen molar-refractivity contribution in [3.63, 3.8) is 0 Å². The second kappa shape index (κ2) is 6.79. The van der Waals surface area contributed by atoms with Gasteiger partial charge in [0.05, 0.1) is 11.0 Å². The molecule has 1 N–H and O–H groups in total. The van der Waals surface area contributed by atoms with Crippen LogP contribution in [-0.2, 0) is 6.54 Å². The van der Waals surface area contributed by atoms with Crippen molar-refractivity contribution in [2.45, 2.75) is 19.5 Å². The largest absolute Gasteiger partial charge is 0.312 e. The SMILES string of the molecule is CC1CN(Cc2ccc([N+](=O)[O-])cc2F)CCN1.Cl. The Balaban J connectivity index is 0.00000180. The summed E-state index contributed by atoms with van der Waals surface area (Å²) >= 11 is 0. The zero-order valence-corrected chi connectivity index (χ0v) is 11.5. The highest BCUT2D eigenvalue weighted by atomic mass is 35.5. The second-order valence-electron chi connectivity index (χ2n) is 4.62. The number of nitro benzene ring substituents is 1. The third-order valence-electron chi connectivity index (χ3n) is 3.09. The van der Waals surface area contributed by atoms with E-state index in [1.54, 1.807) is 0 Å². The van der Waals surface area contributed by atoms with Crippen molar-refractivity contribution >= 4 is 18.1 Å². The molecule has 0 bridgehead atoms. The van der Waals surface area contributed by atoms with Gasteiger partial charge in [0.1, 0.15) is 5.82 Å². The van der Waals surface area contributed by atoms with Crippen LogP contribution in [0.2, 0.25) is 0 Å². The fraction of sp³-hybridized carbons (Fsp3) is 0.500. The van der Waals surface area contributed by atoms with Gasteiger partial charge in [0.15, 0.2) is 0 Å². The number of piperazine rings is 1. The number of nitro groups is 1. The van der Waals surface area contributed by atoms with Crippen molar-refractivity contribution < 1.29 is 9.31 Å². The van der Waals surface area contributed by atoms with Gasteiger partial charge in [-0.3, -0.25) is 15.0 Å². The lowest BCUT2D eigenvalue weighted by Crippen LogP contribution is -2.48. The molecule has 0 aliphatic carbocycles. The van der Waals surface area contributed by atoms with E-state index < -0.39 is 10.7 Å². The number of nitrogens with one attached hydrogen (secondary N) is 1. The summed E-state index contributed by atoms with van der Waals surface area (Å²) in [5.74, 6) is -0.504. The van der Waals surface area contributed by atoms with Crippen molar-refractivity contribution in [3.05, 3.63) is 39.7 Å². The Morgan fingerprint density at radius 1 is 1.58 bits per heavy atom. The third-order valence-corrected chi connectivity index (χ3v) is 3.09. The molecule has 7 heteroatoms. The van der Waals surface area contributed by atoms with E-state index in [1.165, 1.54) is 12.1 Å². The first-order chi connectivity index (χ1) is 8.56. The van der Waals surface area contributed by atoms with Crippen LogP contribution in [0, 0.1) is 15.9 Å². The minimum Gasteiger partial charge on any atom is -0.312 e. The van der Waals surface area contributed by atoms with Gasteiger partial charge < -0.3 is 5.32 Å². The molecule has 1 aromatic carbocycles. The maximum absolute atomic E-state index is 13.7. The first-order valence-electron chi connectivity index (χ1n) is 5.95. The van der Waals surface area contributed by atoms with E-state index in [2.05, 4.69) is 17.1 Å². The van der Waals surface area contributed by atoms with Crippen LogP contribution in [0.5, 0.6) is 0 Å². The summed E-state index contributed by atoms with van der Waals surface area (Å²) in [7, 11) is 0. The molecule has 1 aromatic rings. The molecule has 1 atom stereocenters. The van der Waals surface area contributed by atoms with E-state index in [9.17, 15) is 14.5 Å². The molecule has 0 amide bonds. The van der Waals surface area contributed by atoms with Gasteiger partial charge in [-0.05, 0) is 13.0 Å². The monoisotopic (exact) mass is 289 g/mol. The van der Waals surface area contributed by atoms with Gasteiger partial charge in [0.25, 0.3) is 5.69 Å². The van der Waals surface area contributed by atoms with Crippen LogP contribution in [0.15, 0.2) is 18.2 Å². The van der Waals surface area contributed by atoms with E-state index in [0.29, 0.717) is 18.2 Å². The Labute approximate surface area is 117 Å². The fourth-order valence-corrected chi connectivity index (χ4v) is 2.17. The van der Waals surface area contributed by atoms with E-state index >= 15 is 0 Å². The quantitative estimate of drug-likeness (QED) is 0.682. The first kappa shape index (κ1) is 15.8. The lowest BCUT2D eigenvalue weighted by Gasteiger charge is -2.31. The summed E-state index contributed by atoms with van der Waals surface area (Å²) in [6.45, 7) is 5.18. The molecule has 1 saturated heterocycles.